The van der Waals surface area contributed by atoms with E-state index in [1.165, 1.54) is 10.9 Å². The van der Waals surface area contributed by atoms with Crippen LogP contribution in [0.5, 0.6) is 0 Å². The smallest absolute Gasteiger partial charge is 0.239 e. The number of para-hydroxylation sites is 1. The molecule has 0 radical (unpaired) electrons. The van der Waals surface area contributed by atoms with E-state index in [0.717, 1.165) is 30.7 Å². The Hall–Kier alpha value is -1.81. The Balaban J connectivity index is 1.87. The van der Waals surface area contributed by atoms with Gasteiger partial charge in [0.2, 0.25) is 5.91 Å². The summed E-state index contributed by atoms with van der Waals surface area (Å²) in [5.74, 6) is 1.14. The Labute approximate surface area is 125 Å². The van der Waals surface area contributed by atoms with Gasteiger partial charge in [0.15, 0.2) is 0 Å². The third-order valence-corrected chi connectivity index (χ3v) is 4.36. The number of amides is 1. The van der Waals surface area contributed by atoms with Crippen LogP contribution >= 0.6 is 0 Å². The maximum Gasteiger partial charge on any atom is 0.239 e. The zero-order valence-corrected chi connectivity index (χ0v) is 12.8. The zero-order valence-electron chi connectivity index (χ0n) is 12.8. The quantitative estimate of drug-likeness (QED) is 0.940. The van der Waals surface area contributed by atoms with Crippen molar-refractivity contribution in [3.05, 3.63) is 35.6 Å². The number of aryl methyl sites for hydroxylation is 1. The third kappa shape index (κ3) is 2.44. The predicted octanol–water partition coefficient (Wildman–Crippen LogP) is 2.88. The van der Waals surface area contributed by atoms with Crippen LogP contribution in [-0.4, -0.2) is 30.4 Å². The Morgan fingerprint density at radius 1 is 1.43 bits per heavy atom. The molecule has 0 saturated carbocycles. The monoisotopic (exact) mass is 286 g/mol. The number of carbonyl (C=O) groups is 1. The van der Waals surface area contributed by atoms with Gasteiger partial charge in [-0.3, -0.25) is 10.1 Å². The second-order valence-corrected chi connectivity index (χ2v) is 5.78. The molecule has 0 spiro atoms. The molecule has 2 aromatic rings. The van der Waals surface area contributed by atoms with Gasteiger partial charge in [0.25, 0.3) is 0 Å². The van der Waals surface area contributed by atoms with Crippen LogP contribution in [0.3, 0.4) is 0 Å². The molecule has 2 unspecified atom stereocenters. The van der Waals surface area contributed by atoms with Gasteiger partial charge in [0.1, 0.15) is 11.3 Å². The van der Waals surface area contributed by atoms with Crippen LogP contribution in [0.4, 0.5) is 0 Å². The van der Waals surface area contributed by atoms with E-state index in [2.05, 4.69) is 25.2 Å². The highest BCUT2D eigenvalue weighted by Crippen LogP contribution is 2.31. The molecule has 1 aromatic heterocycles. The molecule has 0 aliphatic carbocycles. The van der Waals surface area contributed by atoms with Crippen LogP contribution in [-0.2, 0) is 11.2 Å². The second-order valence-electron chi connectivity index (χ2n) is 5.78. The molecule has 21 heavy (non-hydrogen) atoms. The van der Waals surface area contributed by atoms with E-state index in [4.69, 9.17) is 4.42 Å². The number of benzene rings is 1. The van der Waals surface area contributed by atoms with E-state index in [1.54, 1.807) is 4.90 Å². The lowest BCUT2D eigenvalue weighted by Gasteiger charge is -2.18. The number of likely N-dealkylation sites (tertiary alicyclic amines) is 1. The highest BCUT2D eigenvalue weighted by atomic mass is 16.3. The normalized spacial score (nSPS) is 20.4. The SMILES string of the molecule is CCc1c(C(C)NC2CCN(C)C2=O)oc2ccccc12. The third-order valence-electron chi connectivity index (χ3n) is 4.36. The fourth-order valence-corrected chi connectivity index (χ4v) is 3.19. The first kappa shape index (κ1) is 14.1. The summed E-state index contributed by atoms with van der Waals surface area (Å²) < 4.78 is 6.04. The molecule has 2 atom stereocenters. The Morgan fingerprint density at radius 2 is 2.19 bits per heavy atom. The number of carbonyl (C=O) groups excluding carboxylic acids is 1. The fraction of sp³-hybridized carbons (Fsp3) is 0.471. The maximum absolute atomic E-state index is 12.0. The molecule has 1 fully saturated rings. The van der Waals surface area contributed by atoms with Gasteiger partial charge in [-0.1, -0.05) is 25.1 Å². The first-order valence-electron chi connectivity index (χ1n) is 7.63. The number of hydrogen-bond donors (Lipinski definition) is 1. The molecule has 1 N–H and O–H groups in total. The van der Waals surface area contributed by atoms with Gasteiger partial charge >= 0.3 is 0 Å². The van der Waals surface area contributed by atoms with Crippen molar-refractivity contribution in [3.63, 3.8) is 0 Å². The van der Waals surface area contributed by atoms with E-state index in [0.29, 0.717) is 0 Å². The lowest BCUT2D eigenvalue weighted by molar-refractivity contribution is -0.128. The molecule has 1 amide bonds. The molecule has 1 aliphatic heterocycles. The van der Waals surface area contributed by atoms with Gasteiger partial charge in [-0.2, -0.15) is 0 Å². The lowest BCUT2D eigenvalue weighted by atomic mass is 10.0. The minimum Gasteiger partial charge on any atom is -0.459 e. The van der Waals surface area contributed by atoms with Crippen molar-refractivity contribution in [3.8, 4) is 0 Å². The topological polar surface area (TPSA) is 45.5 Å². The predicted molar refractivity (Wildman–Crippen MR) is 83.2 cm³/mol. The average Bonchev–Trinajstić information content (AvgIpc) is 3.02. The summed E-state index contributed by atoms with van der Waals surface area (Å²) in [5.41, 5.74) is 2.16. The molecule has 0 bridgehead atoms. The molecule has 112 valence electrons. The van der Waals surface area contributed by atoms with Crippen molar-refractivity contribution in [2.45, 2.75) is 38.8 Å². The lowest BCUT2D eigenvalue weighted by Crippen LogP contribution is -2.38. The van der Waals surface area contributed by atoms with Crippen molar-refractivity contribution in [2.24, 2.45) is 0 Å². The second kappa shape index (κ2) is 5.53. The Kier molecular flexibility index (Phi) is 3.72. The van der Waals surface area contributed by atoms with Gasteiger partial charge in [-0.05, 0) is 25.8 Å². The Morgan fingerprint density at radius 3 is 2.86 bits per heavy atom. The van der Waals surface area contributed by atoms with E-state index in [9.17, 15) is 4.79 Å². The van der Waals surface area contributed by atoms with Gasteiger partial charge in [0, 0.05) is 24.5 Å². The number of likely N-dealkylation sites (N-methyl/N-ethyl adjacent to an activating group) is 1. The molecular formula is C17H22N2O2. The summed E-state index contributed by atoms with van der Waals surface area (Å²) in [5, 5.41) is 4.61. The van der Waals surface area contributed by atoms with Crippen LogP contribution in [0.2, 0.25) is 0 Å². The van der Waals surface area contributed by atoms with Crippen LogP contribution in [0.1, 0.15) is 37.6 Å². The first-order chi connectivity index (χ1) is 10.1. The van der Waals surface area contributed by atoms with Crippen molar-refractivity contribution >= 4 is 16.9 Å². The average molecular weight is 286 g/mol. The van der Waals surface area contributed by atoms with Gasteiger partial charge in [-0.25, -0.2) is 0 Å². The Bertz CT molecular complexity index is 662. The molecule has 4 heteroatoms. The summed E-state index contributed by atoms with van der Waals surface area (Å²) in [6.07, 6.45) is 1.79. The molecule has 2 heterocycles. The highest BCUT2D eigenvalue weighted by Gasteiger charge is 2.31. The number of fused-ring (bicyclic) bond motifs is 1. The van der Waals surface area contributed by atoms with Crippen LogP contribution in [0.15, 0.2) is 28.7 Å². The zero-order chi connectivity index (χ0) is 15.0. The van der Waals surface area contributed by atoms with E-state index in [1.807, 2.05) is 25.2 Å². The number of furan rings is 1. The number of nitrogens with one attached hydrogen (secondary N) is 1. The maximum atomic E-state index is 12.0. The molecule has 1 aliphatic rings. The van der Waals surface area contributed by atoms with Crippen molar-refractivity contribution < 1.29 is 9.21 Å². The fourth-order valence-electron chi connectivity index (χ4n) is 3.19. The van der Waals surface area contributed by atoms with Gasteiger partial charge in [-0.15, -0.1) is 0 Å². The van der Waals surface area contributed by atoms with Crippen LogP contribution < -0.4 is 5.32 Å². The number of rotatable bonds is 4. The summed E-state index contributed by atoms with van der Waals surface area (Å²) in [4.78, 5) is 13.8. The minimum absolute atomic E-state index is 0.0350. The molecule has 1 aromatic carbocycles. The minimum atomic E-state index is -0.0945. The molecule has 4 nitrogen and oxygen atoms in total. The van der Waals surface area contributed by atoms with Crippen molar-refractivity contribution in [2.75, 3.05) is 13.6 Å². The van der Waals surface area contributed by atoms with Crippen molar-refractivity contribution in [1.82, 2.24) is 10.2 Å². The van der Waals surface area contributed by atoms with Crippen LogP contribution in [0, 0.1) is 0 Å². The highest BCUT2D eigenvalue weighted by molar-refractivity contribution is 5.84. The van der Waals surface area contributed by atoms with Crippen LogP contribution in [0.25, 0.3) is 11.0 Å². The van der Waals surface area contributed by atoms with Gasteiger partial charge in [0.05, 0.1) is 12.1 Å². The van der Waals surface area contributed by atoms with E-state index < -0.39 is 0 Å². The molecule has 3 rings (SSSR count). The van der Waals surface area contributed by atoms with E-state index >= 15 is 0 Å². The summed E-state index contributed by atoms with van der Waals surface area (Å²) >= 11 is 0. The van der Waals surface area contributed by atoms with E-state index in [-0.39, 0.29) is 18.0 Å². The largest absolute Gasteiger partial charge is 0.459 e. The standard InChI is InChI=1S/C17H22N2O2/c1-4-12-13-7-5-6-8-15(13)21-16(12)11(2)18-14-9-10-19(3)17(14)20/h5-8,11,14,18H,4,9-10H2,1-3H3. The molecular weight excluding hydrogens is 264 g/mol. The summed E-state index contributed by atoms with van der Waals surface area (Å²) in [6.45, 7) is 5.04. The summed E-state index contributed by atoms with van der Waals surface area (Å²) in [7, 11) is 1.85. The summed E-state index contributed by atoms with van der Waals surface area (Å²) in [6, 6.07) is 8.06. The molecule has 1 saturated heterocycles. The first-order valence-corrected chi connectivity index (χ1v) is 7.63. The van der Waals surface area contributed by atoms with Gasteiger partial charge < -0.3 is 9.32 Å². The van der Waals surface area contributed by atoms with Crippen molar-refractivity contribution in [1.29, 1.82) is 0 Å². The number of nitrogens with zero attached hydrogens (tertiary/aromatic N) is 1. The number of hydrogen-bond acceptors (Lipinski definition) is 3.